The van der Waals surface area contributed by atoms with Crippen molar-refractivity contribution < 1.29 is 4.79 Å². The number of hydrogen-bond donors (Lipinski definition) is 2. The van der Waals surface area contributed by atoms with E-state index in [-0.39, 0.29) is 5.91 Å². The average molecular weight is 192 g/mol. The molecular formula is C11H16N2O. The summed E-state index contributed by atoms with van der Waals surface area (Å²) in [5, 5.41) is 0. The second kappa shape index (κ2) is 4.24. The van der Waals surface area contributed by atoms with E-state index < -0.39 is 0 Å². The molecule has 14 heavy (non-hydrogen) atoms. The first-order valence-corrected chi connectivity index (χ1v) is 4.67. The Labute approximate surface area is 84.3 Å². The topological polar surface area (TPSA) is 55.1 Å². The smallest absolute Gasteiger partial charge is 0.265 e. The van der Waals surface area contributed by atoms with Gasteiger partial charge in [0.2, 0.25) is 0 Å². The van der Waals surface area contributed by atoms with E-state index in [1.807, 2.05) is 19.1 Å². The molecule has 0 fully saturated rings. The van der Waals surface area contributed by atoms with Gasteiger partial charge in [0.1, 0.15) is 0 Å². The van der Waals surface area contributed by atoms with Crippen molar-refractivity contribution in [2.45, 2.75) is 26.7 Å². The van der Waals surface area contributed by atoms with Gasteiger partial charge in [-0.05, 0) is 30.5 Å². The molecule has 3 heteroatoms. The van der Waals surface area contributed by atoms with Crippen LogP contribution in [0.1, 0.15) is 41.3 Å². The van der Waals surface area contributed by atoms with Crippen LogP contribution in [0.25, 0.3) is 0 Å². The van der Waals surface area contributed by atoms with Gasteiger partial charge in [-0.3, -0.25) is 10.2 Å². The van der Waals surface area contributed by atoms with Crippen LogP contribution in [0, 0.1) is 6.92 Å². The fourth-order valence-electron chi connectivity index (χ4n) is 1.36. The Morgan fingerprint density at radius 1 is 1.36 bits per heavy atom. The molecule has 1 rings (SSSR count). The normalized spacial score (nSPS) is 10.4. The number of aryl methyl sites for hydroxylation is 1. The van der Waals surface area contributed by atoms with Gasteiger partial charge in [0.05, 0.1) is 0 Å². The van der Waals surface area contributed by atoms with Crippen LogP contribution >= 0.6 is 0 Å². The molecule has 0 aliphatic carbocycles. The molecule has 0 saturated carbocycles. The zero-order valence-electron chi connectivity index (χ0n) is 8.79. The number of nitrogen functional groups attached to an aromatic ring is 1. The van der Waals surface area contributed by atoms with Crippen molar-refractivity contribution in [3.63, 3.8) is 0 Å². The summed E-state index contributed by atoms with van der Waals surface area (Å²) in [6, 6.07) is 5.78. The van der Waals surface area contributed by atoms with E-state index in [1.165, 1.54) is 0 Å². The van der Waals surface area contributed by atoms with Crippen LogP contribution in [0.4, 0.5) is 0 Å². The highest BCUT2D eigenvalue weighted by molar-refractivity contribution is 5.94. The first-order valence-electron chi connectivity index (χ1n) is 4.67. The predicted octanol–water partition coefficient (Wildman–Crippen LogP) is 1.72. The van der Waals surface area contributed by atoms with E-state index in [1.54, 1.807) is 0 Å². The first kappa shape index (κ1) is 10.7. The monoisotopic (exact) mass is 192 g/mol. The number of nitrogens with two attached hydrogens (primary N) is 1. The Morgan fingerprint density at radius 3 is 2.50 bits per heavy atom. The Bertz CT molecular complexity index is 345. The lowest BCUT2D eigenvalue weighted by Crippen LogP contribution is -2.30. The Kier molecular flexibility index (Phi) is 3.25. The summed E-state index contributed by atoms with van der Waals surface area (Å²) >= 11 is 0. The lowest BCUT2D eigenvalue weighted by atomic mass is 9.98. The fourth-order valence-corrected chi connectivity index (χ4v) is 1.36. The van der Waals surface area contributed by atoms with Gasteiger partial charge in [-0.25, -0.2) is 5.84 Å². The quantitative estimate of drug-likeness (QED) is 0.426. The molecule has 1 aromatic carbocycles. The SMILES string of the molecule is Cc1cc(C(=O)NN)cc(C(C)C)c1. The van der Waals surface area contributed by atoms with Crippen molar-refractivity contribution in [3.8, 4) is 0 Å². The standard InChI is InChI=1S/C11H16N2O/c1-7(2)9-4-8(3)5-10(6-9)11(14)13-12/h4-7H,12H2,1-3H3,(H,13,14). The Hall–Kier alpha value is -1.35. The van der Waals surface area contributed by atoms with Gasteiger partial charge in [-0.15, -0.1) is 0 Å². The lowest BCUT2D eigenvalue weighted by Gasteiger charge is -2.09. The summed E-state index contributed by atoms with van der Waals surface area (Å²) < 4.78 is 0. The van der Waals surface area contributed by atoms with Crippen molar-refractivity contribution in [1.29, 1.82) is 0 Å². The molecule has 3 nitrogen and oxygen atoms in total. The molecule has 76 valence electrons. The Morgan fingerprint density at radius 2 is 2.00 bits per heavy atom. The van der Waals surface area contributed by atoms with Crippen molar-refractivity contribution in [3.05, 3.63) is 34.9 Å². The summed E-state index contributed by atoms with van der Waals surface area (Å²) in [5.41, 5.74) is 4.99. The largest absolute Gasteiger partial charge is 0.290 e. The van der Waals surface area contributed by atoms with Crippen LogP contribution in [0.15, 0.2) is 18.2 Å². The van der Waals surface area contributed by atoms with Crippen LogP contribution in [0.5, 0.6) is 0 Å². The van der Waals surface area contributed by atoms with Gasteiger partial charge in [0, 0.05) is 5.56 Å². The van der Waals surface area contributed by atoms with E-state index in [2.05, 4.69) is 25.3 Å². The minimum atomic E-state index is -0.240. The number of hydrazine groups is 1. The predicted molar refractivity (Wildman–Crippen MR) is 56.9 cm³/mol. The van der Waals surface area contributed by atoms with Gasteiger partial charge in [-0.2, -0.15) is 0 Å². The van der Waals surface area contributed by atoms with E-state index in [0.29, 0.717) is 11.5 Å². The minimum absolute atomic E-state index is 0.240. The number of carbonyl (C=O) groups excluding carboxylic acids is 1. The van der Waals surface area contributed by atoms with Crippen LogP contribution in [0.3, 0.4) is 0 Å². The third-order valence-corrected chi connectivity index (χ3v) is 2.16. The zero-order chi connectivity index (χ0) is 10.7. The molecule has 0 unspecified atom stereocenters. The van der Waals surface area contributed by atoms with Crippen LogP contribution in [-0.4, -0.2) is 5.91 Å². The molecule has 0 spiro atoms. The van der Waals surface area contributed by atoms with E-state index >= 15 is 0 Å². The number of amides is 1. The van der Waals surface area contributed by atoms with Crippen molar-refractivity contribution >= 4 is 5.91 Å². The summed E-state index contributed by atoms with van der Waals surface area (Å²) in [6.07, 6.45) is 0. The molecule has 1 aromatic rings. The molecule has 0 aliphatic rings. The number of rotatable bonds is 2. The second-order valence-corrected chi connectivity index (χ2v) is 3.76. The molecule has 1 amide bonds. The molecule has 0 aromatic heterocycles. The highest BCUT2D eigenvalue weighted by Crippen LogP contribution is 2.17. The van der Waals surface area contributed by atoms with E-state index in [4.69, 9.17) is 5.84 Å². The van der Waals surface area contributed by atoms with Crippen LogP contribution in [-0.2, 0) is 0 Å². The van der Waals surface area contributed by atoms with Crippen LogP contribution in [0.2, 0.25) is 0 Å². The van der Waals surface area contributed by atoms with Crippen molar-refractivity contribution in [1.82, 2.24) is 5.43 Å². The average Bonchev–Trinajstić information content (AvgIpc) is 2.15. The first-order chi connectivity index (χ1) is 6.54. The number of nitrogens with one attached hydrogen (secondary N) is 1. The Balaban J connectivity index is 3.13. The number of benzene rings is 1. The van der Waals surface area contributed by atoms with E-state index in [9.17, 15) is 4.79 Å². The third kappa shape index (κ3) is 2.33. The maximum absolute atomic E-state index is 11.3. The molecule has 0 atom stereocenters. The van der Waals surface area contributed by atoms with Gasteiger partial charge in [0.15, 0.2) is 0 Å². The maximum atomic E-state index is 11.3. The molecule has 0 saturated heterocycles. The summed E-state index contributed by atoms with van der Waals surface area (Å²) in [5.74, 6) is 5.26. The number of carbonyl (C=O) groups is 1. The van der Waals surface area contributed by atoms with Gasteiger partial charge in [-0.1, -0.05) is 25.5 Å². The van der Waals surface area contributed by atoms with Crippen molar-refractivity contribution in [2.75, 3.05) is 0 Å². The lowest BCUT2D eigenvalue weighted by molar-refractivity contribution is 0.0953. The van der Waals surface area contributed by atoms with Crippen LogP contribution < -0.4 is 11.3 Å². The highest BCUT2D eigenvalue weighted by Gasteiger charge is 2.07. The zero-order valence-corrected chi connectivity index (χ0v) is 8.79. The summed E-state index contributed by atoms with van der Waals surface area (Å²) in [6.45, 7) is 6.16. The third-order valence-electron chi connectivity index (χ3n) is 2.16. The van der Waals surface area contributed by atoms with E-state index in [0.717, 1.165) is 11.1 Å². The van der Waals surface area contributed by atoms with Gasteiger partial charge >= 0.3 is 0 Å². The summed E-state index contributed by atoms with van der Waals surface area (Å²) in [7, 11) is 0. The second-order valence-electron chi connectivity index (χ2n) is 3.76. The van der Waals surface area contributed by atoms with Gasteiger partial charge in [0.25, 0.3) is 5.91 Å². The molecule has 3 N–H and O–H groups in total. The molecule has 0 aliphatic heterocycles. The highest BCUT2D eigenvalue weighted by atomic mass is 16.2. The molecule has 0 bridgehead atoms. The molecule has 0 radical (unpaired) electrons. The molecular weight excluding hydrogens is 176 g/mol. The maximum Gasteiger partial charge on any atom is 0.265 e. The molecule has 0 heterocycles. The van der Waals surface area contributed by atoms with Crippen molar-refractivity contribution in [2.24, 2.45) is 5.84 Å². The number of hydrogen-bond acceptors (Lipinski definition) is 2. The minimum Gasteiger partial charge on any atom is -0.290 e. The van der Waals surface area contributed by atoms with Gasteiger partial charge < -0.3 is 0 Å². The fraction of sp³-hybridized carbons (Fsp3) is 0.364. The summed E-state index contributed by atoms with van der Waals surface area (Å²) in [4.78, 5) is 11.3.